The van der Waals surface area contributed by atoms with Crippen molar-refractivity contribution in [2.75, 3.05) is 19.6 Å². The second kappa shape index (κ2) is 10.9. The van der Waals surface area contributed by atoms with E-state index in [0.717, 1.165) is 0 Å². The molecule has 0 N–H and O–H groups in total. The molecule has 0 saturated carbocycles. The lowest BCUT2D eigenvalue weighted by Gasteiger charge is -2.20. The number of hydrogen-bond acceptors (Lipinski definition) is 1. The van der Waals surface area contributed by atoms with E-state index >= 15 is 0 Å². The molecule has 1 nitrogen and oxygen atoms in total. The fourth-order valence-corrected chi connectivity index (χ4v) is 2.86. The number of aryl methyl sites for hydroxylation is 2. The number of benzene rings is 1. The Morgan fingerprint density at radius 2 is 1.45 bits per heavy atom. The van der Waals surface area contributed by atoms with Crippen molar-refractivity contribution >= 4 is 0 Å². The van der Waals surface area contributed by atoms with Crippen molar-refractivity contribution in [1.82, 2.24) is 4.90 Å². The van der Waals surface area contributed by atoms with E-state index < -0.39 is 0 Å². The molecule has 1 aromatic carbocycles. The highest BCUT2D eigenvalue weighted by Crippen LogP contribution is 2.12. The normalized spacial score (nSPS) is 11.2. The van der Waals surface area contributed by atoms with Gasteiger partial charge in [-0.3, -0.25) is 0 Å². The molecule has 0 unspecified atom stereocenters. The molecule has 0 atom stereocenters. The Morgan fingerprint density at radius 3 is 2.10 bits per heavy atom. The molecule has 114 valence electrons. The van der Waals surface area contributed by atoms with Crippen molar-refractivity contribution in [3.63, 3.8) is 0 Å². The van der Waals surface area contributed by atoms with E-state index in [1.165, 1.54) is 75.7 Å². The lowest BCUT2D eigenvalue weighted by Crippen LogP contribution is -2.26. The first-order valence-corrected chi connectivity index (χ1v) is 8.54. The first-order chi connectivity index (χ1) is 9.77. The van der Waals surface area contributed by atoms with E-state index in [1.54, 1.807) is 0 Å². The van der Waals surface area contributed by atoms with Gasteiger partial charge < -0.3 is 4.90 Å². The number of unbranched alkanes of at least 4 members (excludes halogenated alkanes) is 3. The molecule has 0 spiro atoms. The maximum absolute atomic E-state index is 2.63. The van der Waals surface area contributed by atoms with Crippen molar-refractivity contribution in [1.29, 1.82) is 0 Å². The summed E-state index contributed by atoms with van der Waals surface area (Å²) < 4.78 is 0. The maximum atomic E-state index is 2.63. The van der Waals surface area contributed by atoms with Gasteiger partial charge in [0.2, 0.25) is 0 Å². The van der Waals surface area contributed by atoms with E-state index in [9.17, 15) is 0 Å². The summed E-state index contributed by atoms with van der Waals surface area (Å²) in [5.41, 5.74) is 2.98. The summed E-state index contributed by atoms with van der Waals surface area (Å²) in [6, 6.07) is 8.80. The Hall–Kier alpha value is -0.820. The summed E-state index contributed by atoms with van der Waals surface area (Å²) in [5, 5.41) is 0. The van der Waals surface area contributed by atoms with Crippen LogP contribution in [0.4, 0.5) is 0 Å². The van der Waals surface area contributed by atoms with Crippen LogP contribution in [0.5, 0.6) is 0 Å². The fraction of sp³-hybridized carbons (Fsp3) is 0.684. The molecule has 0 fully saturated rings. The molecule has 20 heavy (non-hydrogen) atoms. The first kappa shape index (κ1) is 17.2. The summed E-state index contributed by atoms with van der Waals surface area (Å²) in [4.78, 5) is 2.63. The van der Waals surface area contributed by atoms with Gasteiger partial charge in [0.1, 0.15) is 0 Å². The largest absolute Gasteiger partial charge is 0.303 e. The van der Waals surface area contributed by atoms with Gasteiger partial charge in [0.05, 0.1) is 0 Å². The summed E-state index contributed by atoms with van der Waals surface area (Å²) in [6.45, 7) is 10.6. The minimum absolute atomic E-state index is 1.25. The molecule has 0 saturated heterocycles. The van der Waals surface area contributed by atoms with Crippen LogP contribution in [-0.2, 0) is 6.42 Å². The predicted octanol–water partition coefficient (Wildman–Crippen LogP) is 5.22. The standard InChI is InChI=1S/C19H33N/c1-4-15-20(16-5-2)17-11-7-6-8-13-19-14-10-9-12-18(19)3/h9-10,12,14H,4-8,11,13,15-17H2,1-3H3. The molecule has 1 heteroatoms. The van der Waals surface area contributed by atoms with Gasteiger partial charge in [-0.25, -0.2) is 0 Å². The van der Waals surface area contributed by atoms with Gasteiger partial charge in [-0.1, -0.05) is 51.0 Å². The summed E-state index contributed by atoms with van der Waals surface area (Å²) in [6.07, 6.45) is 9.29. The van der Waals surface area contributed by atoms with E-state index in [2.05, 4.69) is 49.9 Å². The Bertz CT molecular complexity index is 339. The van der Waals surface area contributed by atoms with Crippen LogP contribution in [0, 0.1) is 6.92 Å². The van der Waals surface area contributed by atoms with E-state index in [0.29, 0.717) is 0 Å². The molecule has 0 aromatic heterocycles. The predicted molar refractivity (Wildman–Crippen MR) is 90.4 cm³/mol. The van der Waals surface area contributed by atoms with Crippen molar-refractivity contribution in [3.05, 3.63) is 35.4 Å². The quantitative estimate of drug-likeness (QED) is 0.500. The highest BCUT2D eigenvalue weighted by Gasteiger charge is 2.02. The Morgan fingerprint density at radius 1 is 0.800 bits per heavy atom. The van der Waals surface area contributed by atoms with Crippen molar-refractivity contribution in [2.45, 2.75) is 65.7 Å². The van der Waals surface area contributed by atoms with Gasteiger partial charge in [-0.15, -0.1) is 0 Å². The van der Waals surface area contributed by atoms with Gasteiger partial charge in [0.25, 0.3) is 0 Å². The molecule has 0 heterocycles. The third kappa shape index (κ3) is 7.09. The second-order valence-corrected chi connectivity index (χ2v) is 5.93. The maximum Gasteiger partial charge on any atom is -0.00187 e. The van der Waals surface area contributed by atoms with Crippen molar-refractivity contribution in [3.8, 4) is 0 Å². The zero-order valence-electron chi connectivity index (χ0n) is 13.8. The fourth-order valence-electron chi connectivity index (χ4n) is 2.86. The van der Waals surface area contributed by atoms with Crippen LogP contribution in [-0.4, -0.2) is 24.5 Å². The van der Waals surface area contributed by atoms with E-state index in [-0.39, 0.29) is 0 Å². The van der Waals surface area contributed by atoms with Crippen LogP contribution in [0.25, 0.3) is 0 Å². The van der Waals surface area contributed by atoms with Crippen LogP contribution >= 0.6 is 0 Å². The Kier molecular flexibility index (Phi) is 9.40. The minimum atomic E-state index is 1.25. The van der Waals surface area contributed by atoms with Gasteiger partial charge in [-0.05, 0) is 69.8 Å². The Labute approximate surface area is 126 Å². The highest BCUT2D eigenvalue weighted by atomic mass is 15.1. The minimum Gasteiger partial charge on any atom is -0.303 e. The van der Waals surface area contributed by atoms with Crippen molar-refractivity contribution in [2.24, 2.45) is 0 Å². The average molecular weight is 275 g/mol. The molecule has 0 radical (unpaired) electrons. The molecular weight excluding hydrogens is 242 g/mol. The third-order valence-corrected chi connectivity index (χ3v) is 4.01. The third-order valence-electron chi connectivity index (χ3n) is 4.01. The monoisotopic (exact) mass is 275 g/mol. The van der Waals surface area contributed by atoms with Gasteiger partial charge in [-0.2, -0.15) is 0 Å². The molecule has 0 amide bonds. The molecule has 0 aliphatic heterocycles. The molecule has 1 aromatic rings. The molecule has 0 aliphatic rings. The van der Waals surface area contributed by atoms with Crippen LogP contribution in [0.2, 0.25) is 0 Å². The number of rotatable bonds is 11. The zero-order valence-corrected chi connectivity index (χ0v) is 13.8. The zero-order chi connectivity index (χ0) is 14.6. The van der Waals surface area contributed by atoms with Gasteiger partial charge >= 0.3 is 0 Å². The van der Waals surface area contributed by atoms with Crippen molar-refractivity contribution < 1.29 is 0 Å². The van der Waals surface area contributed by atoms with Crippen LogP contribution in [0.3, 0.4) is 0 Å². The second-order valence-electron chi connectivity index (χ2n) is 5.93. The lowest BCUT2D eigenvalue weighted by molar-refractivity contribution is 0.268. The summed E-state index contributed by atoms with van der Waals surface area (Å²) in [7, 11) is 0. The summed E-state index contributed by atoms with van der Waals surface area (Å²) in [5.74, 6) is 0. The topological polar surface area (TPSA) is 3.24 Å². The molecule has 0 bridgehead atoms. The van der Waals surface area contributed by atoms with Crippen LogP contribution in [0.1, 0.15) is 63.5 Å². The van der Waals surface area contributed by atoms with Crippen LogP contribution < -0.4 is 0 Å². The van der Waals surface area contributed by atoms with E-state index in [4.69, 9.17) is 0 Å². The highest BCUT2D eigenvalue weighted by molar-refractivity contribution is 5.25. The van der Waals surface area contributed by atoms with Gasteiger partial charge in [0.15, 0.2) is 0 Å². The number of hydrogen-bond donors (Lipinski definition) is 0. The first-order valence-electron chi connectivity index (χ1n) is 8.54. The summed E-state index contributed by atoms with van der Waals surface area (Å²) >= 11 is 0. The Balaban J connectivity index is 2.08. The van der Waals surface area contributed by atoms with E-state index in [1.807, 2.05) is 0 Å². The van der Waals surface area contributed by atoms with Gasteiger partial charge in [0, 0.05) is 0 Å². The van der Waals surface area contributed by atoms with Crippen LogP contribution in [0.15, 0.2) is 24.3 Å². The molecule has 1 rings (SSSR count). The molecular formula is C19H33N. The molecule has 0 aliphatic carbocycles. The smallest absolute Gasteiger partial charge is 0.00187 e. The average Bonchev–Trinajstić information content (AvgIpc) is 2.45. The lowest BCUT2D eigenvalue weighted by atomic mass is 10.0. The number of nitrogens with zero attached hydrogens (tertiary/aromatic N) is 1. The SMILES string of the molecule is CCCN(CCC)CCCCCCc1ccccc1C.